The van der Waals surface area contributed by atoms with E-state index in [0.717, 1.165) is 36.1 Å². The van der Waals surface area contributed by atoms with E-state index in [0.29, 0.717) is 11.7 Å². The highest BCUT2D eigenvalue weighted by Gasteiger charge is 2.45. The number of phenols is 1. The van der Waals surface area contributed by atoms with Crippen LogP contribution in [0.4, 0.5) is 0 Å². The zero-order chi connectivity index (χ0) is 23.2. The molecule has 0 fully saturated rings. The Balaban J connectivity index is 0.000000423. The molecule has 0 amide bonds. The van der Waals surface area contributed by atoms with E-state index < -0.39 is 0 Å². The van der Waals surface area contributed by atoms with Crippen molar-refractivity contribution in [3.05, 3.63) is 34.4 Å². The molecule has 3 nitrogen and oxygen atoms in total. The highest BCUT2D eigenvalue weighted by molar-refractivity contribution is 5.58. The average Bonchev–Trinajstić information content (AvgIpc) is 2.72. The van der Waals surface area contributed by atoms with E-state index in [-0.39, 0.29) is 11.5 Å². The van der Waals surface area contributed by atoms with Crippen LogP contribution in [0.1, 0.15) is 103 Å². The Morgan fingerprint density at radius 2 is 1.71 bits per heavy atom. The molecule has 2 aliphatic rings. The summed E-state index contributed by atoms with van der Waals surface area (Å²) in [5.74, 6) is 2.09. The largest absolute Gasteiger partial charge is 0.507 e. The van der Waals surface area contributed by atoms with Gasteiger partial charge in [-0.3, -0.25) is 0 Å². The second kappa shape index (κ2) is 11.4. The van der Waals surface area contributed by atoms with E-state index in [1.54, 1.807) is 4.90 Å². The molecule has 2 atom stereocenters. The first kappa shape index (κ1) is 25.8. The van der Waals surface area contributed by atoms with Crippen molar-refractivity contribution in [2.75, 3.05) is 19.6 Å². The molecule has 1 aliphatic heterocycles. The lowest BCUT2D eigenvalue weighted by Gasteiger charge is -2.46. The number of benzene rings is 1. The topological polar surface area (TPSA) is 33.9 Å². The minimum Gasteiger partial charge on any atom is -0.507 e. The highest BCUT2D eigenvalue weighted by atomic mass is 16.5. The van der Waals surface area contributed by atoms with E-state index in [9.17, 15) is 5.11 Å². The summed E-state index contributed by atoms with van der Waals surface area (Å²) in [6.45, 7) is 21.4. The predicted molar refractivity (Wildman–Crippen MR) is 133 cm³/mol. The first-order valence-electron chi connectivity index (χ1n) is 12.7. The van der Waals surface area contributed by atoms with Crippen LogP contribution in [0.2, 0.25) is 0 Å². The number of rotatable bonds is 7. The third-order valence-electron chi connectivity index (χ3n) is 7.56. The molecule has 1 aromatic carbocycles. The minimum absolute atomic E-state index is 0.183. The van der Waals surface area contributed by atoms with Gasteiger partial charge in [0.15, 0.2) is 0 Å². The summed E-state index contributed by atoms with van der Waals surface area (Å²) in [5, 5.41) is 11.0. The third kappa shape index (κ3) is 6.06. The van der Waals surface area contributed by atoms with Gasteiger partial charge in [0.05, 0.1) is 19.6 Å². The lowest BCUT2D eigenvalue weighted by atomic mass is 9.67. The van der Waals surface area contributed by atoms with E-state index in [1.165, 1.54) is 50.0 Å². The van der Waals surface area contributed by atoms with Gasteiger partial charge >= 0.3 is 0 Å². The predicted octanol–water partition coefficient (Wildman–Crippen LogP) is 5.98. The van der Waals surface area contributed by atoms with Crippen LogP contribution in [0.25, 0.3) is 0 Å². The van der Waals surface area contributed by atoms with Crippen LogP contribution in [-0.4, -0.2) is 30.3 Å². The molecule has 1 aliphatic carbocycles. The van der Waals surface area contributed by atoms with E-state index in [2.05, 4.69) is 67.5 Å². The fourth-order valence-electron chi connectivity index (χ4n) is 5.29. The molecule has 1 aromatic rings. The smallest absolute Gasteiger partial charge is 0.127 e. The van der Waals surface area contributed by atoms with E-state index in [1.807, 2.05) is 0 Å². The summed E-state index contributed by atoms with van der Waals surface area (Å²) >= 11 is 0. The number of hydrogen-bond donors (Lipinski definition) is 2. The number of allylic oxidation sites excluding steroid dienone is 2. The lowest BCUT2D eigenvalue weighted by Crippen LogP contribution is -3.11. The maximum absolute atomic E-state index is 11.0. The van der Waals surface area contributed by atoms with Gasteiger partial charge in [-0.1, -0.05) is 31.4 Å². The fourth-order valence-corrected chi connectivity index (χ4v) is 5.29. The monoisotopic (exact) mass is 430 g/mol. The van der Waals surface area contributed by atoms with Gasteiger partial charge in [-0.2, -0.15) is 0 Å². The van der Waals surface area contributed by atoms with Gasteiger partial charge in [0, 0.05) is 17.4 Å². The van der Waals surface area contributed by atoms with Crippen molar-refractivity contribution in [2.24, 2.45) is 5.92 Å². The van der Waals surface area contributed by atoms with Crippen LogP contribution >= 0.6 is 0 Å². The van der Waals surface area contributed by atoms with Gasteiger partial charge < -0.3 is 14.7 Å². The molecule has 0 saturated carbocycles. The third-order valence-corrected chi connectivity index (χ3v) is 7.56. The van der Waals surface area contributed by atoms with Crippen LogP contribution in [0.5, 0.6) is 11.5 Å². The number of phenolic OH excluding ortho intramolecular Hbond substituents is 1. The Bertz CT molecular complexity index is 740. The molecule has 0 radical (unpaired) electrons. The van der Waals surface area contributed by atoms with Crippen molar-refractivity contribution in [2.45, 2.75) is 105 Å². The molecule has 0 unspecified atom stereocenters. The molecular formula is C28H48NO2+. The number of fused-ring (bicyclic) bond motifs is 3. The molecule has 0 spiro atoms. The number of aryl methyl sites for hydroxylation is 1. The van der Waals surface area contributed by atoms with Crippen LogP contribution < -0.4 is 9.64 Å². The fraction of sp³-hybridized carbons (Fsp3) is 0.714. The Morgan fingerprint density at radius 3 is 2.26 bits per heavy atom. The second-order valence-corrected chi connectivity index (χ2v) is 10.1. The lowest BCUT2D eigenvalue weighted by molar-refractivity contribution is -0.894. The molecule has 176 valence electrons. The number of ether oxygens (including phenoxy) is 1. The molecule has 0 saturated heterocycles. The number of nitrogens with one attached hydrogen (secondary N) is 1. The minimum atomic E-state index is -0.183. The van der Waals surface area contributed by atoms with Crippen LogP contribution in [0.15, 0.2) is 17.7 Å². The van der Waals surface area contributed by atoms with Crippen molar-refractivity contribution >= 4 is 0 Å². The summed E-state index contributed by atoms with van der Waals surface area (Å²) < 4.78 is 6.42. The Morgan fingerprint density at radius 1 is 1.06 bits per heavy atom. The summed E-state index contributed by atoms with van der Waals surface area (Å²) in [6, 6.07) is 2.20. The van der Waals surface area contributed by atoms with Crippen molar-refractivity contribution < 1.29 is 14.7 Å². The van der Waals surface area contributed by atoms with E-state index >= 15 is 0 Å². The maximum atomic E-state index is 11.0. The number of hydrogen-bond acceptors (Lipinski definition) is 2. The SMILES string of the molecule is CCCCCc1cc2c(c(O)c1C)[C@@H]1C=C(C)CC[C@H]1C(C)(C)O2.CC[NH+](CC)CC. The van der Waals surface area contributed by atoms with Gasteiger partial charge in [0.25, 0.3) is 0 Å². The normalized spacial score (nSPS) is 21.4. The molecule has 0 bridgehead atoms. The van der Waals surface area contributed by atoms with E-state index in [4.69, 9.17) is 4.74 Å². The van der Waals surface area contributed by atoms with Crippen molar-refractivity contribution in [1.82, 2.24) is 0 Å². The van der Waals surface area contributed by atoms with Crippen LogP contribution in [0.3, 0.4) is 0 Å². The number of unbranched alkanes of at least 4 members (excludes halogenated alkanes) is 2. The molecule has 0 aromatic heterocycles. The summed E-state index contributed by atoms with van der Waals surface area (Å²) in [6.07, 6.45) is 9.28. The quantitative estimate of drug-likeness (QED) is 0.412. The number of quaternary nitrogens is 1. The van der Waals surface area contributed by atoms with Gasteiger partial charge in [0.1, 0.15) is 17.1 Å². The second-order valence-electron chi connectivity index (χ2n) is 10.1. The average molecular weight is 431 g/mol. The molecule has 31 heavy (non-hydrogen) atoms. The maximum Gasteiger partial charge on any atom is 0.127 e. The van der Waals surface area contributed by atoms with Gasteiger partial charge in [0.2, 0.25) is 0 Å². The standard InChI is InChI=1S/C22H32O2.C6H15N/c1-6-7-8-9-16-13-19-20(21(23)15(16)3)17-12-14(2)10-11-18(17)22(4,5)24-19;1-4-7(5-2)6-3/h12-13,17-18,23H,6-11H2,1-5H3;4-6H2,1-3H3/p+1/t17-,18-;/m1./s1. The Kier molecular flexibility index (Phi) is 9.48. The number of aromatic hydroxyl groups is 1. The zero-order valence-corrected chi connectivity index (χ0v) is 21.5. The Labute approximate surface area is 191 Å². The molecule has 1 heterocycles. The van der Waals surface area contributed by atoms with Gasteiger partial charge in [-0.25, -0.2) is 0 Å². The first-order valence-corrected chi connectivity index (χ1v) is 12.7. The van der Waals surface area contributed by atoms with Crippen molar-refractivity contribution in [3.8, 4) is 11.5 Å². The first-order chi connectivity index (χ1) is 14.7. The van der Waals surface area contributed by atoms with Crippen LogP contribution in [-0.2, 0) is 6.42 Å². The summed E-state index contributed by atoms with van der Waals surface area (Å²) in [4.78, 5) is 1.68. The molecular weight excluding hydrogens is 382 g/mol. The molecule has 2 N–H and O–H groups in total. The van der Waals surface area contributed by atoms with Gasteiger partial charge in [-0.05, 0) is 91.3 Å². The van der Waals surface area contributed by atoms with Crippen molar-refractivity contribution in [3.63, 3.8) is 0 Å². The Hall–Kier alpha value is -1.48. The molecule has 3 heteroatoms. The zero-order valence-electron chi connectivity index (χ0n) is 21.5. The summed E-state index contributed by atoms with van der Waals surface area (Å²) in [5.41, 5.74) is 4.56. The van der Waals surface area contributed by atoms with Crippen LogP contribution in [0, 0.1) is 12.8 Å². The summed E-state index contributed by atoms with van der Waals surface area (Å²) in [7, 11) is 0. The van der Waals surface area contributed by atoms with Crippen molar-refractivity contribution in [1.29, 1.82) is 0 Å². The van der Waals surface area contributed by atoms with Gasteiger partial charge in [-0.15, -0.1) is 0 Å². The highest BCUT2D eigenvalue weighted by Crippen LogP contribution is 2.54. The molecule has 3 rings (SSSR count).